The topological polar surface area (TPSA) is 79.3 Å². The smallest absolute Gasteiger partial charge is 0.305 e. The number of aromatic nitrogens is 1. The summed E-state index contributed by atoms with van der Waals surface area (Å²) in [6.45, 7) is 0. The van der Waals surface area contributed by atoms with Crippen molar-refractivity contribution in [2.45, 2.75) is 12.5 Å². The summed E-state index contributed by atoms with van der Waals surface area (Å²) in [5, 5.41) is 13.9. The Morgan fingerprint density at radius 3 is 2.18 bits per heavy atom. The molecule has 188 valence electrons. The minimum Gasteiger partial charge on any atom is -0.481 e. The van der Waals surface area contributed by atoms with Gasteiger partial charge < -0.3 is 10.4 Å². The van der Waals surface area contributed by atoms with E-state index < -0.39 is 23.7 Å². The number of amides is 1. The van der Waals surface area contributed by atoms with Gasteiger partial charge >= 0.3 is 5.97 Å². The molecule has 0 aliphatic heterocycles. The van der Waals surface area contributed by atoms with E-state index in [1.165, 1.54) is 6.07 Å². The number of hydrogen-bond acceptors (Lipinski definition) is 3. The van der Waals surface area contributed by atoms with E-state index in [2.05, 4.69) is 10.3 Å². The van der Waals surface area contributed by atoms with Gasteiger partial charge in [0.05, 0.1) is 17.5 Å². The molecule has 5 aromatic rings. The Hall–Kier alpha value is -4.55. The molecule has 7 heteroatoms. The third-order valence-electron chi connectivity index (χ3n) is 6.31. The number of fused-ring (bicyclic) bond motifs is 1. The molecule has 1 amide bonds. The van der Waals surface area contributed by atoms with Gasteiger partial charge in [-0.2, -0.15) is 0 Å². The van der Waals surface area contributed by atoms with Gasteiger partial charge in [-0.3, -0.25) is 14.6 Å². The van der Waals surface area contributed by atoms with Crippen LogP contribution in [0.3, 0.4) is 0 Å². The molecule has 1 heterocycles. The second kappa shape index (κ2) is 10.8. The first-order valence-electron chi connectivity index (χ1n) is 11.9. The Morgan fingerprint density at radius 2 is 1.47 bits per heavy atom. The molecule has 1 aromatic heterocycles. The van der Waals surface area contributed by atoms with E-state index in [-0.39, 0.29) is 17.1 Å². The Labute approximate surface area is 223 Å². The van der Waals surface area contributed by atoms with Gasteiger partial charge in [0.25, 0.3) is 5.91 Å². The standard InChI is InChI=1S/C31H22ClFN2O3/c32-26-15-23(12-13-27(26)33)22-10-11-24-16-29(34-18-25(24)14-22)31(38)35-28(17-30(36)37)21-8-6-20(7-9-21)19-4-2-1-3-5-19/h1-16,18,28H,17H2,(H,35,38)(H,36,37). The summed E-state index contributed by atoms with van der Waals surface area (Å²) >= 11 is 5.92. The lowest BCUT2D eigenvalue weighted by atomic mass is 9.99. The molecular weight excluding hydrogens is 503 g/mol. The molecule has 0 bridgehead atoms. The van der Waals surface area contributed by atoms with E-state index in [0.29, 0.717) is 5.56 Å². The van der Waals surface area contributed by atoms with E-state index in [1.807, 2.05) is 72.8 Å². The van der Waals surface area contributed by atoms with Crippen LogP contribution < -0.4 is 5.32 Å². The van der Waals surface area contributed by atoms with Crippen molar-refractivity contribution in [2.24, 2.45) is 0 Å². The molecule has 1 atom stereocenters. The normalized spacial score (nSPS) is 11.7. The van der Waals surface area contributed by atoms with Crippen LogP contribution in [0.25, 0.3) is 33.0 Å². The van der Waals surface area contributed by atoms with Crippen molar-refractivity contribution in [3.63, 3.8) is 0 Å². The van der Waals surface area contributed by atoms with Gasteiger partial charge in [0.2, 0.25) is 0 Å². The highest BCUT2D eigenvalue weighted by Crippen LogP contribution is 2.28. The number of pyridine rings is 1. The molecule has 0 saturated heterocycles. The first-order chi connectivity index (χ1) is 18.4. The van der Waals surface area contributed by atoms with E-state index in [0.717, 1.165) is 33.0 Å². The highest BCUT2D eigenvalue weighted by molar-refractivity contribution is 6.31. The summed E-state index contributed by atoms with van der Waals surface area (Å²) in [5.74, 6) is -1.98. The number of aliphatic carboxylic acids is 1. The molecule has 5 rings (SSSR count). The van der Waals surface area contributed by atoms with Crippen molar-refractivity contribution in [1.29, 1.82) is 0 Å². The first-order valence-corrected chi connectivity index (χ1v) is 12.3. The van der Waals surface area contributed by atoms with Crippen LogP contribution in [0.2, 0.25) is 5.02 Å². The fourth-order valence-corrected chi connectivity index (χ4v) is 4.50. The third-order valence-corrected chi connectivity index (χ3v) is 6.60. The average Bonchev–Trinajstić information content (AvgIpc) is 2.94. The Morgan fingerprint density at radius 1 is 0.816 bits per heavy atom. The van der Waals surface area contributed by atoms with Gasteiger partial charge in [-0.25, -0.2) is 4.39 Å². The quantitative estimate of drug-likeness (QED) is 0.234. The second-order valence-corrected chi connectivity index (χ2v) is 9.28. The van der Waals surface area contributed by atoms with Gasteiger partial charge in [-0.15, -0.1) is 0 Å². The van der Waals surface area contributed by atoms with Crippen molar-refractivity contribution in [3.8, 4) is 22.3 Å². The van der Waals surface area contributed by atoms with Gasteiger partial charge in [-0.05, 0) is 57.5 Å². The van der Waals surface area contributed by atoms with Crippen LogP contribution in [0, 0.1) is 5.82 Å². The fourth-order valence-electron chi connectivity index (χ4n) is 4.32. The maximum absolute atomic E-state index is 13.5. The Balaban J connectivity index is 1.37. The fraction of sp³-hybridized carbons (Fsp3) is 0.0645. The van der Waals surface area contributed by atoms with Crippen molar-refractivity contribution in [3.05, 3.63) is 125 Å². The second-order valence-electron chi connectivity index (χ2n) is 8.87. The number of carboxylic acid groups (broad SMARTS) is 1. The van der Waals surface area contributed by atoms with Crippen LogP contribution in [0.4, 0.5) is 4.39 Å². The largest absolute Gasteiger partial charge is 0.481 e. The molecule has 0 spiro atoms. The number of carboxylic acids is 1. The Kier molecular flexibility index (Phi) is 7.15. The summed E-state index contributed by atoms with van der Waals surface area (Å²) in [6.07, 6.45) is 1.31. The van der Waals surface area contributed by atoms with E-state index in [4.69, 9.17) is 11.6 Å². The predicted molar refractivity (Wildman–Crippen MR) is 146 cm³/mol. The van der Waals surface area contributed by atoms with Crippen LogP contribution in [-0.2, 0) is 4.79 Å². The number of nitrogens with one attached hydrogen (secondary N) is 1. The molecule has 2 N–H and O–H groups in total. The molecule has 5 nitrogen and oxygen atoms in total. The van der Waals surface area contributed by atoms with E-state index >= 15 is 0 Å². The summed E-state index contributed by atoms with van der Waals surface area (Å²) in [6, 6.07) is 28.3. The number of benzene rings is 4. The SMILES string of the molecule is O=C(O)CC(NC(=O)c1cc2ccc(-c3ccc(F)c(Cl)c3)cc2cn1)c1ccc(-c2ccccc2)cc1. The van der Waals surface area contributed by atoms with Gasteiger partial charge in [0, 0.05) is 11.6 Å². The molecular formula is C31H22ClFN2O3. The average molecular weight is 525 g/mol. The first kappa shape index (κ1) is 25.1. The molecule has 38 heavy (non-hydrogen) atoms. The summed E-state index contributed by atoms with van der Waals surface area (Å²) in [7, 11) is 0. The predicted octanol–water partition coefficient (Wildman–Crippen LogP) is 7.31. The van der Waals surface area contributed by atoms with Crippen LogP contribution >= 0.6 is 11.6 Å². The zero-order chi connectivity index (χ0) is 26.6. The van der Waals surface area contributed by atoms with Crippen LogP contribution in [0.15, 0.2) is 103 Å². The summed E-state index contributed by atoms with van der Waals surface area (Å²) in [5.41, 5.74) is 4.49. The lowest BCUT2D eigenvalue weighted by Gasteiger charge is -2.18. The number of halogens is 2. The summed E-state index contributed by atoms with van der Waals surface area (Å²) in [4.78, 5) is 28.9. The van der Waals surface area contributed by atoms with Crippen molar-refractivity contribution in [2.75, 3.05) is 0 Å². The Bertz CT molecular complexity index is 1640. The number of carbonyl (C=O) groups excluding carboxylic acids is 1. The molecule has 0 saturated carbocycles. The molecule has 0 aliphatic rings. The van der Waals surface area contributed by atoms with Gasteiger partial charge in [0.15, 0.2) is 0 Å². The molecule has 0 fully saturated rings. The van der Waals surface area contributed by atoms with Crippen LogP contribution in [-0.4, -0.2) is 22.0 Å². The van der Waals surface area contributed by atoms with E-state index in [1.54, 1.807) is 24.4 Å². The minimum absolute atomic E-state index is 0.0401. The molecule has 1 unspecified atom stereocenters. The number of carbonyl (C=O) groups is 2. The summed E-state index contributed by atoms with van der Waals surface area (Å²) < 4.78 is 13.5. The minimum atomic E-state index is -1.03. The van der Waals surface area contributed by atoms with E-state index in [9.17, 15) is 19.1 Å². The zero-order valence-corrected chi connectivity index (χ0v) is 20.8. The highest BCUT2D eigenvalue weighted by atomic mass is 35.5. The van der Waals surface area contributed by atoms with Gasteiger partial charge in [0.1, 0.15) is 11.5 Å². The molecule has 0 aliphatic carbocycles. The maximum atomic E-state index is 13.5. The molecule has 0 radical (unpaired) electrons. The molecule has 4 aromatic carbocycles. The van der Waals surface area contributed by atoms with Crippen LogP contribution in [0.5, 0.6) is 0 Å². The lowest BCUT2D eigenvalue weighted by molar-refractivity contribution is -0.137. The highest BCUT2D eigenvalue weighted by Gasteiger charge is 2.20. The maximum Gasteiger partial charge on any atom is 0.305 e. The number of hydrogen-bond donors (Lipinski definition) is 2. The van der Waals surface area contributed by atoms with Crippen molar-refractivity contribution >= 4 is 34.2 Å². The van der Waals surface area contributed by atoms with Crippen molar-refractivity contribution in [1.82, 2.24) is 10.3 Å². The zero-order valence-electron chi connectivity index (χ0n) is 20.1. The lowest BCUT2D eigenvalue weighted by Crippen LogP contribution is -2.30. The third kappa shape index (κ3) is 5.56. The number of nitrogens with zero attached hydrogens (tertiary/aromatic N) is 1. The van der Waals surface area contributed by atoms with Crippen molar-refractivity contribution < 1.29 is 19.1 Å². The van der Waals surface area contributed by atoms with Gasteiger partial charge in [-0.1, -0.05) is 84.4 Å². The monoisotopic (exact) mass is 524 g/mol. The number of rotatable bonds is 7. The van der Waals surface area contributed by atoms with Crippen LogP contribution in [0.1, 0.15) is 28.5 Å².